The zero-order chi connectivity index (χ0) is 22.4. The van der Waals surface area contributed by atoms with Crippen LogP contribution in [-0.4, -0.2) is 73.1 Å². The maximum atomic E-state index is 10.3. The number of carboxylic acid groups (broad SMARTS) is 1. The number of likely N-dealkylation sites (tertiary alicyclic amines) is 1. The summed E-state index contributed by atoms with van der Waals surface area (Å²) in [5.74, 6) is 0.845. The summed E-state index contributed by atoms with van der Waals surface area (Å²) in [5, 5.41) is 39.0. The smallest absolute Gasteiger partial charge is 0.290 e. The van der Waals surface area contributed by atoms with Gasteiger partial charge in [0, 0.05) is 34.9 Å². The van der Waals surface area contributed by atoms with Gasteiger partial charge in [0.25, 0.3) is 6.47 Å². The van der Waals surface area contributed by atoms with Gasteiger partial charge in [-0.1, -0.05) is 15.9 Å². The number of hydrogen-bond donors (Lipinski definition) is 4. The summed E-state index contributed by atoms with van der Waals surface area (Å²) in [6.07, 6.45) is 4.08. The van der Waals surface area contributed by atoms with E-state index in [0.29, 0.717) is 17.2 Å². The number of nitrogens with one attached hydrogen (secondary N) is 1. The van der Waals surface area contributed by atoms with Gasteiger partial charge in [-0.15, -0.1) is 10.2 Å². The molecular formula is C21H26BrN5O4. The molecule has 2 aromatic heterocycles. The molecule has 0 spiro atoms. The van der Waals surface area contributed by atoms with Gasteiger partial charge in [-0.3, -0.25) is 14.1 Å². The minimum absolute atomic E-state index is 0.157. The quantitative estimate of drug-likeness (QED) is 0.401. The molecule has 166 valence electrons. The first-order valence-electron chi connectivity index (χ1n) is 10.0. The van der Waals surface area contributed by atoms with Crippen LogP contribution in [0.1, 0.15) is 19.8 Å². The Hall–Kier alpha value is -2.69. The number of aromatic nitrogens is 3. The molecule has 9 nitrogen and oxygen atoms in total. The molecule has 0 amide bonds. The number of rotatable bonds is 5. The number of benzene rings is 1. The molecule has 1 aliphatic heterocycles. The largest absolute Gasteiger partial charge is 0.507 e. The Morgan fingerprint density at radius 3 is 2.84 bits per heavy atom. The Balaban J connectivity index is 0.000000858. The fourth-order valence-corrected chi connectivity index (χ4v) is 4.12. The number of carbonyl (C=O) groups is 1. The van der Waals surface area contributed by atoms with Crippen molar-refractivity contribution in [1.29, 1.82) is 0 Å². The minimum Gasteiger partial charge on any atom is -0.507 e. The summed E-state index contributed by atoms with van der Waals surface area (Å²) < 4.78 is 2.78. The van der Waals surface area contributed by atoms with E-state index in [2.05, 4.69) is 36.3 Å². The Morgan fingerprint density at radius 2 is 2.13 bits per heavy atom. The lowest BCUT2D eigenvalue weighted by Crippen LogP contribution is -2.47. The van der Waals surface area contributed by atoms with Crippen molar-refractivity contribution < 1.29 is 20.1 Å². The third-order valence-corrected chi connectivity index (χ3v) is 5.85. The Morgan fingerprint density at radius 1 is 1.35 bits per heavy atom. The van der Waals surface area contributed by atoms with E-state index in [4.69, 9.17) is 9.90 Å². The molecule has 4 N–H and O–H groups in total. The number of aliphatic hydroxyl groups excluding tert-OH is 1. The topological polar surface area (TPSA) is 123 Å². The third kappa shape index (κ3) is 5.33. The van der Waals surface area contributed by atoms with E-state index in [-0.39, 0.29) is 30.9 Å². The van der Waals surface area contributed by atoms with Crippen LogP contribution in [0.2, 0.25) is 0 Å². The molecule has 10 heteroatoms. The van der Waals surface area contributed by atoms with Gasteiger partial charge in [-0.25, -0.2) is 0 Å². The standard InChI is InChI=1S/C20H24BrN5O2.CH2O2/c1-13(12-27)25-8-2-4-15(11-25)22-20-24-23-19(17-5-3-9-26(17)20)16-7-6-14(21)10-18(16)28;2-1-3/h3,5-7,9-10,13,15,27-28H,2,4,8,11-12H2,1H3,(H,22,24);1H,(H,2,3)/t13?,15-;/m1./s1. The molecule has 0 saturated carbocycles. The van der Waals surface area contributed by atoms with E-state index in [1.807, 2.05) is 41.8 Å². The molecule has 0 aliphatic carbocycles. The summed E-state index contributed by atoms with van der Waals surface area (Å²) in [5.41, 5.74) is 2.16. The Bertz CT molecular complexity index is 1030. The molecule has 3 aromatic rings. The zero-order valence-corrected chi connectivity index (χ0v) is 18.7. The summed E-state index contributed by atoms with van der Waals surface area (Å²) in [4.78, 5) is 10.7. The highest BCUT2D eigenvalue weighted by molar-refractivity contribution is 9.10. The van der Waals surface area contributed by atoms with Gasteiger partial charge in [0.1, 0.15) is 11.4 Å². The van der Waals surface area contributed by atoms with Crippen LogP contribution in [0.4, 0.5) is 5.95 Å². The van der Waals surface area contributed by atoms with Crippen molar-refractivity contribution in [2.24, 2.45) is 0 Å². The van der Waals surface area contributed by atoms with Gasteiger partial charge in [-0.05, 0) is 56.6 Å². The van der Waals surface area contributed by atoms with Crippen LogP contribution in [0.15, 0.2) is 41.0 Å². The van der Waals surface area contributed by atoms with Crippen molar-refractivity contribution in [1.82, 2.24) is 19.5 Å². The van der Waals surface area contributed by atoms with Gasteiger partial charge in [0.15, 0.2) is 0 Å². The van der Waals surface area contributed by atoms with Crippen LogP contribution in [0.5, 0.6) is 5.75 Å². The van der Waals surface area contributed by atoms with Crippen molar-refractivity contribution in [3.8, 4) is 17.0 Å². The van der Waals surface area contributed by atoms with Gasteiger partial charge in [0.05, 0.1) is 12.1 Å². The van der Waals surface area contributed by atoms with Crippen LogP contribution in [0, 0.1) is 0 Å². The summed E-state index contributed by atoms with van der Waals surface area (Å²) in [6.45, 7) is 3.83. The van der Waals surface area contributed by atoms with Crippen LogP contribution >= 0.6 is 15.9 Å². The molecule has 1 aromatic carbocycles. The molecule has 3 heterocycles. The maximum absolute atomic E-state index is 10.3. The SMILES string of the molecule is CC(CO)N1CCC[C@@H](Nc2nnc(-c3ccc(Br)cc3O)c3cccn23)C1.O=CO. The molecule has 0 bridgehead atoms. The zero-order valence-electron chi connectivity index (χ0n) is 17.1. The second kappa shape index (κ2) is 10.6. The normalized spacial score (nSPS) is 17.6. The van der Waals surface area contributed by atoms with Gasteiger partial charge in [-0.2, -0.15) is 0 Å². The number of anilines is 1. The fourth-order valence-electron chi connectivity index (χ4n) is 3.77. The first kappa shape index (κ1) is 23.0. The Labute approximate surface area is 188 Å². The number of phenols is 1. The van der Waals surface area contributed by atoms with Crippen molar-refractivity contribution in [3.05, 3.63) is 41.0 Å². The van der Waals surface area contributed by atoms with E-state index < -0.39 is 0 Å². The summed E-state index contributed by atoms with van der Waals surface area (Å²) in [6, 6.07) is 9.68. The predicted octanol–water partition coefficient (Wildman–Crippen LogP) is 2.82. The Kier molecular flexibility index (Phi) is 7.83. The van der Waals surface area contributed by atoms with Crippen molar-refractivity contribution in [2.45, 2.75) is 31.8 Å². The van der Waals surface area contributed by atoms with Crippen LogP contribution in [-0.2, 0) is 4.79 Å². The van der Waals surface area contributed by atoms with Crippen molar-refractivity contribution in [3.63, 3.8) is 0 Å². The van der Waals surface area contributed by atoms with Crippen molar-refractivity contribution in [2.75, 3.05) is 25.0 Å². The molecule has 1 aliphatic rings. The molecule has 1 saturated heterocycles. The van der Waals surface area contributed by atoms with Gasteiger partial charge < -0.3 is 20.6 Å². The van der Waals surface area contributed by atoms with Gasteiger partial charge >= 0.3 is 0 Å². The monoisotopic (exact) mass is 491 g/mol. The number of fused-ring (bicyclic) bond motifs is 1. The average molecular weight is 492 g/mol. The number of halogens is 1. The molecule has 4 rings (SSSR count). The fraction of sp³-hybridized carbons (Fsp3) is 0.381. The van der Waals surface area contributed by atoms with E-state index in [0.717, 1.165) is 35.9 Å². The van der Waals surface area contributed by atoms with Crippen LogP contribution in [0.25, 0.3) is 16.8 Å². The predicted molar refractivity (Wildman–Crippen MR) is 121 cm³/mol. The molecule has 31 heavy (non-hydrogen) atoms. The number of aliphatic hydroxyl groups is 1. The number of nitrogens with zero attached hydrogens (tertiary/aromatic N) is 4. The molecular weight excluding hydrogens is 466 g/mol. The lowest BCUT2D eigenvalue weighted by molar-refractivity contribution is -0.122. The number of phenolic OH excluding ortho intramolecular Hbond substituents is 1. The number of piperidine rings is 1. The first-order chi connectivity index (χ1) is 15.0. The first-order valence-corrected chi connectivity index (χ1v) is 10.8. The minimum atomic E-state index is -0.250. The summed E-state index contributed by atoms with van der Waals surface area (Å²) in [7, 11) is 0. The van der Waals surface area contributed by atoms with E-state index in [9.17, 15) is 10.2 Å². The van der Waals surface area contributed by atoms with Crippen LogP contribution < -0.4 is 5.32 Å². The van der Waals surface area contributed by atoms with E-state index in [1.165, 1.54) is 0 Å². The molecule has 1 fully saturated rings. The highest BCUT2D eigenvalue weighted by Crippen LogP contribution is 2.33. The molecule has 1 unspecified atom stereocenters. The lowest BCUT2D eigenvalue weighted by Gasteiger charge is -2.36. The van der Waals surface area contributed by atoms with E-state index >= 15 is 0 Å². The van der Waals surface area contributed by atoms with Crippen molar-refractivity contribution >= 4 is 33.9 Å². The summed E-state index contributed by atoms with van der Waals surface area (Å²) >= 11 is 3.37. The molecule has 2 atom stereocenters. The number of aromatic hydroxyl groups is 1. The maximum Gasteiger partial charge on any atom is 0.290 e. The highest BCUT2D eigenvalue weighted by atomic mass is 79.9. The lowest BCUT2D eigenvalue weighted by atomic mass is 10.0. The second-order valence-electron chi connectivity index (χ2n) is 7.41. The van der Waals surface area contributed by atoms with Crippen LogP contribution in [0.3, 0.4) is 0 Å². The third-order valence-electron chi connectivity index (χ3n) is 5.35. The molecule has 0 radical (unpaired) electrons. The average Bonchev–Trinajstić information content (AvgIpc) is 3.25. The van der Waals surface area contributed by atoms with E-state index in [1.54, 1.807) is 6.07 Å². The highest BCUT2D eigenvalue weighted by Gasteiger charge is 2.24. The van der Waals surface area contributed by atoms with Gasteiger partial charge in [0.2, 0.25) is 5.95 Å². The number of hydrogen-bond acceptors (Lipinski definition) is 7. The second-order valence-corrected chi connectivity index (χ2v) is 8.33.